The van der Waals surface area contributed by atoms with Gasteiger partial charge in [0.1, 0.15) is 17.5 Å². The van der Waals surface area contributed by atoms with Crippen LogP contribution in [0.3, 0.4) is 0 Å². The molecule has 3 N–H and O–H groups in total. The Kier molecular flexibility index (Phi) is 11.1. The Balaban J connectivity index is 3.74. The molecule has 7 atom stereocenters. The molecular weight excluding hydrogens is 540 g/mol. The van der Waals surface area contributed by atoms with Crippen LogP contribution in [0.4, 0.5) is 0 Å². The molecule has 1 aliphatic heterocycles. The molecule has 2 amide bonds. The highest BCUT2D eigenvalue weighted by atomic mass is 79.9. The molecule has 15 heteroatoms. The second kappa shape index (κ2) is 12.8. The summed E-state index contributed by atoms with van der Waals surface area (Å²) in [5, 5.41) is 16.2. The monoisotopic (exact) mass is 568 g/mol. The zero-order valence-corrected chi connectivity index (χ0v) is 21.6. The quantitative estimate of drug-likeness (QED) is 0.165. The molecule has 1 heterocycles. The third-order valence-electron chi connectivity index (χ3n) is 4.72. The first-order chi connectivity index (χ1) is 16.1. The second-order valence-corrected chi connectivity index (χ2v) is 8.64. The molecule has 0 aromatic carbocycles. The van der Waals surface area contributed by atoms with Crippen LogP contribution in [0, 0.1) is 0 Å². The van der Waals surface area contributed by atoms with Gasteiger partial charge in [0.05, 0.1) is 19.2 Å². The summed E-state index contributed by atoms with van der Waals surface area (Å²) < 4.78 is 25.7. The van der Waals surface area contributed by atoms with Crippen LogP contribution in [0.1, 0.15) is 34.6 Å². The second-order valence-electron chi connectivity index (χ2n) is 7.65. The molecule has 0 aliphatic carbocycles. The fraction of sp³-hybridized carbons (Fsp3) is 0.700. The molecule has 0 aromatic rings. The van der Waals surface area contributed by atoms with Gasteiger partial charge in [-0.1, -0.05) is 15.9 Å². The van der Waals surface area contributed by atoms with E-state index in [1.807, 2.05) is 0 Å². The molecule has 0 bridgehead atoms. The van der Waals surface area contributed by atoms with E-state index in [1.54, 1.807) is 0 Å². The molecule has 1 fully saturated rings. The lowest BCUT2D eigenvalue weighted by Crippen LogP contribution is -2.75. The average Bonchev–Trinajstić information content (AvgIpc) is 2.73. The maximum Gasteiger partial charge on any atom is 0.367 e. The van der Waals surface area contributed by atoms with Crippen LogP contribution in [-0.2, 0) is 52.5 Å². The van der Waals surface area contributed by atoms with E-state index < -0.39 is 83.3 Å². The number of carbonyl (C=O) groups is 6. The summed E-state index contributed by atoms with van der Waals surface area (Å²) in [6.45, 7) is 4.83. The van der Waals surface area contributed by atoms with Gasteiger partial charge in [0.25, 0.3) is 5.79 Å². The summed E-state index contributed by atoms with van der Waals surface area (Å²) in [6, 6.07) is -2.52. The highest BCUT2D eigenvalue weighted by molar-refractivity contribution is 9.09. The first-order valence-corrected chi connectivity index (χ1v) is 11.2. The summed E-state index contributed by atoms with van der Waals surface area (Å²) >= 11 is 3.13. The van der Waals surface area contributed by atoms with Crippen molar-refractivity contribution in [1.82, 2.24) is 10.6 Å². The highest BCUT2D eigenvalue weighted by Gasteiger charge is 2.61. The van der Waals surface area contributed by atoms with Crippen LogP contribution in [0.5, 0.6) is 0 Å². The van der Waals surface area contributed by atoms with Crippen molar-refractivity contribution >= 4 is 51.6 Å². The van der Waals surface area contributed by atoms with E-state index in [-0.39, 0.29) is 0 Å². The third-order valence-corrected chi connectivity index (χ3v) is 5.91. The number of amides is 2. The van der Waals surface area contributed by atoms with E-state index in [9.17, 15) is 33.9 Å². The van der Waals surface area contributed by atoms with Gasteiger partial charge in [0, 0.05) is 34.6 Å². The van der Waals surface area contributed by atoms with Crippen molar-refractivity contribution in [2.75, 3.05) is 13.7 Å². The van der Waals surface area contributed by atoms with Crippen molar-refractivity contribution in [3.8, 4) is 0 Å². The molecule has 0 saturated carbocycles. The molecule has 0 radical (unpaired) electrons. The van der Waals surface area contributed by atoms with Gasteiger partial charge in [0.15, 0.2) is 12.2 Å². The standard InChI is InChI=1S/C20H29BrN2O12/c1-8(24)22-14-15(23-9(2)25)18(21)20(30,19(29)31-6)35-17(14)16(34-12(5)28)13(33-11(4)27)7-32-10(3)26/h13-18,30H,7H2,1-6H3,(H,22,24)(H,23,25)/t13-,14-,15-,16-,17-,18-,20+/m1/s1. The van der Waals surface area contributed by atoms with Gasteiger partial charge < -0.3 is 39.4 Å². The topological polar surface area (TPSA) is 193 Å². The molecule has 14 nitrogen and oxygen atoms in total. The first-order valence-electron chi connectivity index (χ1n) is 10.3. The van der Waals surface area contributed by atoms with Gasteiger partial charge >= 0.3 is 23.9 Å². The summed E-state index contributed by atoms with van der Waals surface area (Å²) in [4.78, 5) is 70.3. The van der Waals surface area contributed by atoms with Crippen molar-refractivity contribution in [2.45, 2.75) is 75.6 Å². The molecule has 198 valence electrons. The Bertz CT molecular complexity index is 852. The van der Waals surface area contributed by atoms with Crippen LogP contribution < -0.4 is 10.6 Å². The van der Waals surface area contributed by atoms with E-state index in [0.29, 0.717) is 0 Å². The van der Waals surface area contributed by atoms with Crippen LogP contribution in [0.15, 0.2) is 0 Å². The van der Waals surface area contributed by atoms with Crippen LogP contribution >= 0.6 is 15.9 Å². The van der Waals surface area contributed by atoms with Crippen molar-refractivity contribution < 1.29 is 57.6 Å². The Morgan fingerprint density at radius 3 is 1.86 bits per heavy atom. The molecule has 1 saturated heterocycles. The van der Waals surface area contributed by atoms with Crippen LogP contribution in [0.25, 0.3) is 0 Å². The predicted octanol–water partition coefficient (Wildman–Crippen LogP) is -1.55. The highest BCUT2D eigenvalue weighted by Crippen LogP contribution is 2.37. The van der Waals surface area contributed by atoms with E-state index in [1.165, 1.54) is 0 Å². The minimum Gasteiger partial charge on any atom is -0.465 e. The Morgan fingerprint density at radius 1 is 0.914 bits per heavy atom. The molecule has 0 unspecified atom stereocenters. The molecular formula is C20H29BrN2O12. The zero-order valence-electron chi connectivity index (χ0n) is 20.0. The van der Waals surface area contributed by atoms with E-state index >= 15 is 0 Å². The number of halogens is 1. The van der Waals surface area contributed by atoms with Gasteiger partial charge in [-0.25, -0.2) is 4.79 Å². The van der Waals surface area contributed by atoms with Gasteiger partial charge in [0.2, 0.25) is 11.8 Å². The molecule has 0 aromatic heterocycles. The summed E-state index contributed by atoms with van der Waals surface area (Å²) in [5.41, 5.74) is 0. The SMILES string of the molecule is COC(=O)[C@@]1(O)O[C@@H]([C@H](OC(C)=O)[C@@H](COC(C)=O)OC(C)=O)[C@H](NC(C)=O)[C@@H](NC(C)=O)[C@H]1Br. The number of esters is 4. The number of alkyl halides is 1. The molecule has 0 spiro atoms. The van der Waals surface area contributed by atoms with Crippen molar-refractivity contribution in [2.24, 2.45) is 0 Å². The zero-order chi connectivity index (χ0) is 27.1. The molecule has 1 aliphatic rings. The molecule has 35 heavy (non-hydrogen) atoms. The summed E-state index contributed by atoms with van der Waals surface area (Å²) in [7, 11) is 0.970. The minimum absolute atomic E-state index is 0.608. The van der Waals surface area contributed by atoms with Crippen molar-refractivity contribution in [3.05, 3.63) is 0 Å². The summed E-state index contributed by atoms with van der Waals surface area (Å²) in [5.74, 6) is -7.80. The predicted molar refractivity (Wildman–Crippen MR) is 118 cm³/mol. The number of hydrogen-bond donors (Lipinski definition) is 3. The first kappa shape index (κ1) is 30.3. The van der Waals surface area contributed by atoms with Crippen LogP contribution in [0.2, 0.25) is 0 Å². The fourth-order valence-corrected chi connectivity index (χ4v) is 4.27. The van der Waals surface area contributed by atoms with E-state index in [4.69, 9.17) is 18.9 Å². The van der Waals surface area contributed by atoms with Gasteiger partial charge in [-0.05, 0) is 0 Å². The van der Waals surface area contributed by atoms with Gasteiger partial charge in [-0.3, -0.25) is 24.0 Å². The third kappa shape index (κ3) is 8.14. The number of aliphatic hydroxyl groups is 1. The smallest absolute Gasteiger partial charge is 0.367 e. The fourth-order valence-electron chi connectivity index (χ4n) is 3.51. The van der Waals surface area contributed by atoms with Crippen molar-refractivity contribution in [3.63, 3.8) is 0 Å². The van der Waals surface area contributed by atoms with E-state index in [2.05, 4.69) is 31.3 Å². The Labute approximate surface area is 209 Å². The van der Waals surface area contributed by atoms with Crippen molar-refractivity contribution in [1.29, 1.82) is 0 Å². The van der Waals surface area contributed by atoms with E-state index in [0.717, 1.165) is 41.7 Å². The van der Waals surface area contributed by atoms with Gasteiger partial charge in [-0.15, -0.1) is 0 Å². The number of ether oxygens (including phenoxy) is 5. The minimum atomic E-state index is -2.78. The average molecular weight is 569 g/mol. The number of hydrogen-bond acceptors (Lipinski definition) is 12. The number of nitrogens with one attached hydrogen (secondary N) is 2. The lowest BCUT2D eigenvalue weighted by molar-refractivity contribution is -0.283. The maximum atomic E-state index is 12.5. The Morgan fingerprint density at radius 2 is 1.43 bits per heavy atom. The number of carbonyl (C=O) groups excluding carboxylic acids is 6. The Hall–Kier alpha value is -2.78. The van der Waals surface area contributed by atoms with Crippen LogP contribution in [-0.4, -0.2) is 95.5 Å². The summed E-state index contributed by atoms with van der Waals surface area (Å²) in [6.07, 6.45) is -4.80. The number of rotatable bonds is 9. The lowest BCUT2D eigenvalue weighted by atomic mass is 9.86. The maximum absolute atomic E-state index is 12.5. The van der Waals surface area contributed by atoms with Gasteiger partial charge in [-0.2, -0.15) is 0 Å². The largest absolute Gasteiger partial charge is 0.465 e. The lowest BCUT2D eigenvalue weighted by Gasteiger charge is -2.50. The number of methoxy groups -OCH3 is 1. The molecule has 1 rings (SSSR count). The normalized spacial score (nSPS) is 27.4.